The quantitative estimate of drug-likeness (QED) is 0.727. The predicted octanol–water partition coefficient (Wildman–Crippen LogP) is 4.20. The second-order valence-corrected chi connectivity index (χ2v) is 6.34. The molecule has 0 saturated heterocycles. The highest BCUT2D eigenvalue weighted by atomic mass is 32.2. The van der Waals surface area contributed by atoms with Crippen molar-refractivity contribution in [2.24, 2.45) is 0 Å². The van der Waals surface area contributed by atoms with E-state index in [1.807, 2.05) is 4.68 Å². The Hall–Kier alpha value is -2.60. The molecule has 3 aromatic rings. The monoisotopic (exact) mass is 338 g/mol. The van der Waals surface area contributed by atoms with Gasteiger partial charge in [-0.15, -0.1) is 11.8 Å². The SMILES string of the molecule is CSc1ccc([C@H]2C=C(c3ccc(F)cc3)Nc3ncnn32)cc1. The van der Waals surface area contributed by atoms with Crippen molar-refractivity contribution in [1.82, 2.24) is 14.8 Å². The number of hydrogen-bond donors (Lipinski definition) is 1. The molecule has 0 aliphatic carbocycles. The van der Waals surface area contributed by atoms with E-state index < -0.39 is 0 Å². The van der Waals surface area contributed by atoms with Crippen molar-refractivity contribution >= 4 is 23.4 Å². The van der Waals surface area contributed by atoms with Crippen LogP contribution in [0.4, 0.5) is 10.3 Å². The molecule has 1 atom stereocenters. The van der Waals surface area contributed by atoms with E-state index in [1.165, 1.54) is 23.4 Å². The van der Waals surface area contributed by atoms with Gasteiger partial charge in [-0.1, -0.05) is 12.1 Å². The average Bonchev–Trinajstić information content (AvgIpc) is 3.10. The number of anilines is 1. The number of allylic oxidation sites excluding steroid dienone is 1. The summed E-state index contributed by atoms with van der Waals surface area (Å²) in [7, 11) is 0. The molecule has 24 heavy (non-hydrogen) atoms. The molecule has 120 valence electrons. The normalized spacial score (nSPS) is 16.2. The highest BCUT2D eigenvalue weighted by molar-refractivity contribution is 7.98. The molecule has 4 rings (SSSR count). The Morgan fingerprint density at radius 1 is 1.08 bits per heavy atom. The summed E-state index contributed by atoms with van der Waals surface area (Å²) in [5, 5.41) is 7.59. The van der Waals surface area contributed by atoms with Gasteiger partial charge in [0.05, 0.1) is 0 Å². The molecule has 1 aromatic heterocycles. The Morgan fingerprint density at radius 3 is 2.54 bits per heavy atom. The second-order valence-electron chi connectivity index (χ2n) is 5.46. The van der Waals surface area contributed by atoms with Gasteiger partial charge in [0.25, 0.3) is 0 Å². The minimum atomic E-state index is -0.248. The first-order chi connectivity index (χ1) is 11.7. The number of nitrogens with zero attached hydrogens (tertiary/aromatic N) is 3. The fourth-order valence-corrected chi connectivity index (χ4v) is 3.18. The van der Waals surface area contributed by atoms with E-state index >= 15 is 0 Å². The molecule has 0 radical (unpaired) electrons. The summed E-state index contributed by atoms with van der Waals surface area (Å²) >= 11 is 1.71. The summed E-state index contributed by atoms with van der Waals surface area (Å²) in [6, 6.07) is 14.8. The summed E-state index contributed by atoms with van der Waals surface area (Å²) in [4.78, 5) is 5.50. The molecule has 2 heterocycles. The van der Waals surface area contributed by atoms with Gasteiger partial charge in [-0.05, 0) is 59.9 Å². The standard InChI is InChI=1S/C18H15FN4S/c1-24-15-8-4-13(5-9-15)17-10-16(12-2-6-14(19)7-3-12)22-18-20-11-21-23(17)18/h2-11,17H,1H3,(H,20,21,22)/t17-/m1/s1. The van der Waals surface area contributed by atoms with Crippen molar-refractivity contribution in [3.8, 4) is 0 Å². The first-order valence-corrected chi connectivity index (χ1v) is 8.75. The number of fused-ring (bicyclic) bond motifs is 1. The van der Waals surface area contributed by atoms with E-state index in [1.54, 1.807) is 23.9 Å². The van der Waals surface area contributed by atoms with Crippen molar-refractivity contribution in [3.05, 3.63) is 77.9 Å². The lowest BCUT2D eigenvalue weighted by molar-refractivity contribution is 0.611. The third kappa shape index (κ3) is 2.69. The van der Waals surface area contributed by atoms with Gasteiger partial charge in [0.15, 0.2) is 0 Å². The topological polar surface area (TPSA) is 42.7 Å². The summed E-state index contributed by atoms with van der Waals surface area (Å²) in [6.45, 7) is 0. The first-order valence-electron chi connectivity index (χ1n) is 7.53. The second kappa shape index (κ2) is 6.13. The number of halogens is 1. The van der Waals surface area contributed by atoms with Gasteiger partial charge in [0.2, 0.25) is 5.95 Å². The van der Waals surface area contributed by atoms with E-state index in [4.69, 9.17) is 0 Å². The Labute approximate surface area is 143 Å². The Bertz CT molecular complexity index is 884. The Kier molecular flexibility index (Phi) is 3.82. The van der Waals surface area contributed by atoms with Gasteiger partial charge in [-0.25, -0.2) is 9.07 Å². The number of hydrogen-bond acceptors (Lipinski definition) is 4. The van der Waals surface area contributed by atoms with Crippen molar-refractivity contribution in [1.29, 1.82) is 0 Å². The third-order valence-corrected chi connectivity index (χ3v) is 4.76. The Balaban J connectivity index is 1.77. The molecular formula is C18H15FN4S. The minimum absolute atomic E-state index is 0.0558. The number of aromatic nitrogens is 3. The van der Waals surface area contributed by atoms with Crippen LogP contribution in [0.2, 0.25) is 0 Å². The first kappa shape index (κ1) is 15.0. The van der Waals surface area contributed by atoms with Crippen LogP contribution in [0.3, 0.4) is 0 Å². The number of thioether (sulfide) groups is 1. The van der Waals surface area contributed by atoms with Crippen LogP contribution in [0.15, 0.2) is 65.8 Å². The van der Waals surface area contributed by atoms with Crippen LogP contribution >= 0.6 is 11.8 Å². The lowest BCUT2D eigenvalue weighted by Crippen LogP contribution is -2.20. The maximum absolute atomic E-state index is 13.2. The predicted molar refractivity (Wildman–Crippen MR) is 94.4 cm³/mol. The zero-order valence-corrected chi connectivity index (χ0v) is 13.8. The molecular weight excluding hydrogens is 323 g/mol. The smallest absolute Gasteiger partial charge is 0.226 e. The van der Waals surface area contributed by atoms with Crippen LogP contribution in [-0.4, -0.2) is 21.0 Å². The summed E-state index contributed by atoms with van der Waals surface area (Å²) < 4.78 is 15.0. The zero-order chi connectivity index (χ0) is 16.5. The van der Waals surface area contributed by atoms with Gasteiger partial charge in [-0.3, -0.25) is 0 Å². The van der Waals surface area contributed by atoms with Crippen LogP contribution in [-0.2, 0) is 0 Å². The zero-order valence-electron chi connectivity index (χ0n) is 13.0. The van der Waals surface area contributed by atoms with Gasteiger partial charge in [0.1, 0.15) is 18.2 Å². The molecule has 0 saturated carbocycles. The van der Waals surface area contributed by atoms with Crippen molar-refractivity contribution in [2.45, 2.75) is 10.9 Å². The lowest BCUT2D eigenvalue weighted by atomic mass is 10.0. The van der Waals surface area contributed by atoms with E-state index in [0.29, 0.717) is 5.95 Å². The van der Waals surface area contributed by atoms with Crippen molar-refractivity contribution in [3.63, 3.8) is 0 Å². The molecule has 0 amide bonds. The average molecular weight is 338 g/mol. The molecule has 1 aliphatic rings. The maximum atomic E-state index is 13.2. The molecule has 1 N–H and O–H groups in total. The van der Waals surface area contributed by atoms with Gasteiger partial charge >= 0.3 is 0 Å². The molecule has 1 aliphatic heterocycles. The van der Waals surface area contributed by atoms with Crippen LogP contribution in [0.25, 0.3) is 5.70 Å². The van der Waals surface area contributed by atoms with E-state index in [9.17, 15) is 4.39 Å². The fraction of sp³-hybridized carbons (Fsp3) is 0.111. The molecule has 6 heteroatoms. The van der Waals surface area contributed by atoms with Crippen LogP contribution in [0.5, 0.6) is 0 Å². The van der Waals surface area contributed by atoms with E-state index in [0.717, 1.165) is 16.8 Å². The van der Waals surface area contributed by atoms with Crippen molar-refractivity contribution < 1.29 is 4.39 Å². The summed E-state index contributed by atoms with van der Waals surface area (Å²) in [5.74, 6) is 0.429. The third-order valence-electron chi connectivity index (χ3n) is 4.02. The maximum Gasteiger partial charge on any atom is 0.226 e. The summed E-state index contributed by atoms with van der Waals surface area (Å²) in [5.41, 5.74) is 2.94. The highest BCUT2D eigenvalue weighted by Crippen LogP contribution is 2.32. The van der Waals surface area contributed by atoms with Crippen molar-refractivity contribution in [2.75, 3.05) is 11.6 Å². The Morgan fingerprint density at radius 2 is 1.83 bits per heavy atom. The molecule has 0 bridgehead atoms. The number of nitrogens with one attached hydrogen (secondary N) is 1. The highest BCUT2D eigenvalue weighted by Gasteiger charge is 2.23. The lowest BCUT2D eigenvalue weighted by Gasteiger charge is -2.24. The number of rotatable bonds is 3. The number of benzene rings is 2. The van der Waals surface area contributed by atoms with E-state index in [2.05, 4.69) is 52.0 Å². The molecule has 0 unspecified atom stereocenters. The summed E-state index contributed by atoms with van der Waals surface area (Å²) in [6.07, 6.45) is 5.68. The van der Waals surface area contributed by atoms with E-state index in [-0.39, 0.29) is 11.9 Å². The van der Waals surface area contributed by atoms with Gasteiger partial charge in [0, 0.05) is 10.6 Å². The van der Waals surface area contributed by atoms with Gasteiger partial charge < -0.3 is 5.32 Å². The minimum Gasteiger partial charge on any atom is -0.324 e. The van der Waals surface area contributed by atoms with Crippen LogP contribution < -0.4 is 5.32 Å². The molecule has 2 aromatic carbocycles. The molecule has 4 nitrogen and oxygen atoms in total. The van der Waals surface area contributed by atoms with Crippen LogP contribution in [0, 0.1) is 5.82 Å². The van der Waals surface area contributed by atoms with Crippen LogP contribution in [0.1, 0.15) is 17.2 Å². The largest absolute Gasteiger partial charge is 0.324 e. The molecule has 0 fully saturated rings. The fourth-order valence-electron chi connectivity index (χ4n) is 2.77. The molecule has 0 spiro atoms. The van der Waals surface area contributed by atoms with Gasteiger partial charge in [-0.2, -0.15) is 10.1 Å².